The van der Waals surface area contributed by atoms with Gasteiger partial charge in [0.2, 0.25) is 0 Å². The van der Waals surface area contributed by atoms with Crippen LogP contribution in [-0.2, 0) is 6.42 Å². The van der Waals surface area contributed by atoms with Crippen LogP contribution < -0.4 is 15.2 Å². The average molecular weight is 295 g/mol. The van der Waals surface area contributed by atoms with E-state index in [1.165, 1.54) is 26.4 Å². The third-order valence-electron chi connectivity index (χ3n) is 2.33. The maximum Gasteiger partial charge on any atom is 0.446 e. The molecule has 1 aromatic carbocycles. The lowest BCUT2D eigenvalue weighted by Crippen LogP contribution is -2.18. The molecule has 0 radical (unpaired) electrons. The molecule has 0 aromatic heterocycles. The van der Waals surface area contributed by atoms with Crippen LogP contribution in [0.15, 0.2) is 17.0 Å². The van der Waals surface area contributed by atoms with Crippen molar-refractivity contribution in [3.8, 4) is 11.5 Å². The lowest BCUT2D eigenvalue weighted by molar-refractivity contribution is -0.0328. The van der Waals surface area contributed by atoms with Gasteiger partial charge in [-0.25, -0.2) is 0 Å². The highest BCUT2D eigenvalue weighted by Gasteiger charge is 2.31. The zero-order valence-corrected chi connectivity index (χ0v) is 11.7. The van der Waals surface area contributed by atoms with Gasteiger partial charge in [-0.2, -0.15) is 13.2 Å². The minimum atomic E-state index is -4.37. The van der Waals surface area contributed by atoms with Crippen molar-refractivity contribution >= 4 is 11.8 Å². The van der Waals surface area contributed by atoms with Gasteiger partial charge in [-0.3, -0.25) is 0 Å². The molecule has 108 valence electrons. The number of ether oxygens (including phenoxy) is 2. The van der Waals surface area contributed by atoms with Crippen LogP contribution in [0.1, 0.15) is 12.5 Å². The predicted octanol–water partition coefficient (Wildman–Crippen LogP) is 3.21. The molecule has 0 fully saturated rings. The number of nitrogens with two attached hydrogens (primary N) is 1. The number of alkyl halides is 3. The van der Waals surface area contributed by atoms with E-state index < -0.39 is 5.51 Å². The van der Waals surface area contributed by atoms with Crippen molar-refractivity contribution in [2.24, 2.45) is 5.73 Å². The van der Waals surface area contributed by atoms with E-state index >= 15 is 0 Å². The van der Waals surface area contributed by atoms with E-state index in [-0.39, 0.29) is 28.4 Å². The Morgan fingerprint density at radius 1 is 1.21 bits per heavy atom. The Morgan fingerprint density at radius 2 is 1.79 bits per heavy atom. The SMILES string of the molecule is COc1cc(SC(F)(F)F)c(OC)cc1CC(C)N. The number of hydrogen-bond donors (Lipinski definition) is 1. The monoisotopic (exact) mass is 295 g/mol. The Bertz CT molecular complexity index is 436. The summed E-state index contributed by atoms with van der Waals surface area (Å²) in [6, 6.07) is 2.74. The Hall–Kier alpha value is -1.08. The summed E-state index contributed by atoms with van der Waals surface area (Å²) >= 11 is -0.227. The number of methoxy groups -OCH3 is 2. The van der Waals surface area contributed by atoms with Gasteiger partial charge in [-0.15, -0.1) is 0 Å². The van der Waals surface area contributed by atoms with E-state index in [0.29, 0.717) is 12.2 Å². The fraction of sp³-hybridized carbons (Fsp3) is 0.500. The zero-order chi connectivity index (χ0) is 14.6. The second-order valence-corrected chi connectivity index (χ2v) is 5.15. The molecule has 0 amide bonds. The normalized spacial score (nSPS) is 13.2. The van der Waals surface area contributed by atoms with E-state index in [1.54, 1.807) is 0 Å². The quantitative estimate of drug-likeness (QED) is 0.847. The molecular formula is C12H16F3NO2S. The van der Waals surface area contributed by atoms with Crippen molar-refractivity contribution in [2.75, 3.05) is 14.2 Å². The van der Waals surface area contributed by atoms with Gasteiger partial charge in [0.25, 0.3) is 0 Å². The van der Waals surface area contributed by atoms with Crippen LogP contribution in [0.25, 0.3) is 0 Å². The van der Waals surface area contributed by atoms with Crippen LogP contribution in [0.3, 0.4) is 0 Å². The standard InChI is InChI=1S/C12H16F3NO2S/c1-7(16)4-8-5-10(18-3)11(6-9(8)17-2)19-12(13,14)15/h5-7H,4,16H2,1-3H3. The molecule has 3 nitrogen and oxygen atoms in total. The summed E-state index contributed by atoms with van der Waals surface area (Å²) in [4.78, 5) is -0.0275. The van der Waals surface area contributed by atoms with Crippen LogP contribution in [0.5, 0.6) is 11.5 Å². The minimum absolute atomic E-state index is 0.0275. The first kappa shape index (κ1) is 16.0. The molecule has 0 bridgehead atoms. The highest BCUT2D eigenvalue weighted by molar-refractivity contribution is 8.00. The smallest absolute Gasteiger partial charge is 0.446 e. The zero-order valence-electron chi connectivity index (χ0n) is 10.9. The largest absolute Gasteiger partial charge is 0.496 e. The topological polar surface area (TPSA) is 44.5 Å². The fourth-order valence-corrected chi connectivity index (χ4v) is 2.30. The molecule has 0 aliphatic heterocycles. The van der Waals surface area contributed by atoms with E-state index in [1.807, 2.05) is 6.92 Å². The molecule has 19 heavy (non-hydrogen) atoms. The van der Waals surface area contributed by atoms with Crippen molar-refractivity contribution in [1.29, 1.82) is 0 Å². The molecule has 1 unspecified atom stereocenters. The fourth-order valence-electron chi connectivity index (χ4n) is 1.64. The van der Waals surface area contributed by atoms with Crippen LogP contribution in [0.2, 0.25) is 0 Å². The second-order valence-electron chi connectivity index (χ2n) is 4.04. The molecule has 1 rings (SSSR count). The summed E-state index contributed by atoms with van der Waals surface area (Å²) in [5, 5.41) is 0. The molecule has 1 atom stereocenters. The first-order valence-corrected chi connectivity index (χ1v) is 6.34. The lowest BCUT2D eigenvalue weighted by Gasteiger charge is -2.16. The highest BCUT2D eigenvalue weighted by Crippen LogP contribution is 2.44. The lowest BCUT2D eigenvalue weighted by atomic mass is 10.1. The van der Waals surface area contributed by atoms with E-state index in [2.05, 4.69) is 0 Å². The van der Waals surface area contributed by atoms with Crippen molar-refractivity contribution in [1.82, 2.24) is 0 Å². The number of halogens is 3. The maximum absolute atomic E-state index is 12.5. The van der Waals surface area contributed by atoms with Crippen molar-refractivity contribution in [3.63, 3.8) is 0 Å². The van der Waals surface area contributed by atoms with Crippen LogP contribution in [0.4, 0.5) is 13.2 Å². The Morgan fingerprint density at radius 3 is 2.21 bits per heavy atom. The number of rotatable bonds is 5. The summed E-state index contributed by atoms with van der Waals surface area (Å²) < 4.78 is 47.5. The molecular weight excluding hydrogens is 279 g/mol. The maximum atomic E-state index is 12.5. The number of thioether (sulfide) groups is 1. The Kier molecular flexibility index (Phi) is 5.37. The number of benzene rings is 1. The van der Waals surface area contributed by atoms with Gasteiger partial charge < -0.3 is 15.2 Å². The Balaban J connectivity index is 3.19. The van der Waals surface area contributed by atoms with Gasteiger partial charge in [-0.05, 0) is 42.8 Å². The molecule has 0 saturated carbocycles. The van der Waals surface area contributed by atoms with Gasteiger partial charge in [0.1, 0.15) is 11.5 Å². The average Bonchev–Trinajstić information content (AvgIpc) is 2.27. The van der Waals surface area contributed by atoms with Gasteiger partial charge in [-0.1, -0.05) is 0 Å². The molecule has 1 aromatic rings. The summed E-state index contributed by atoms with van der Waals surface area (Å²) in [7, 11) is 2.74. The van der Waals surface area contributed by atoms with E-state index in [4.69, 9.17) is 15.2 Å². The Labute approximate surface area is 114 Å². The van der Waals surface area contributed by atoms with Gasteiger partial charge in [0.05, 0.1) is 19.1 Å². The molecule has 0 spiro atoms. The van der Waals surface area contributed by atoms with Gasteiger partial charge >= 0.3 is 5.51 Å². The summed E-state index contributed by atoms with van der Waals surface area (Å²) in [6.45, 7) is 1.81. The second kappa shape index (κ2) is 6.38. The van der Waals surface area contributed by atoms with Crippen molar-refractivity contribution in [2.45, 2.75) is 29.8 Å². The van der Waals surface area contributed by atoms with Crippen LogP contribution in [0, 0.1) is 0 Å². The van der Waals surface area contributed by atoms with Gasteiger partial charge in [0, 0.05) is 6.04 Å². The molecule has 0 aliphatic carbocycles. The molecule has 0 saturated heterocycles. The molecule has 7 heteroatoms. The highest BCUT2D eigenvalue weighted by atomic mass is 32.2. The summed E-state index contributed by atoms with van der Waals surface area (Å²) in [5.41, 5.74) is 2.05. The van der Waals surface area contributed by atoms with E-state index in [9.17, 15) is 13.2 Å². The van der Waals surface area contributed by atoms with Crippen molar-refractivity contribution < 1.29 is 22.6 Å². The summed E-state index contributed by atoms with van der Waals surface area (Å²) in [6.07, 6.45) is 0.497. The van der Waals surface area contributed by atoms with Gasteiger partial charge in [0.15, 0.2) is 0 Å². The van der Waals surface area contributed by atoms with Crippen LogP contribution >= 0.6 is 11.8 Å². The third kappa shape index (κ3) is 4.83. The van der Waals surface area contributed by atoms with Crippen LogP contribution in [-0.4, -0.2) is 25.8 Å². The third-order valence-corrected chi connectivity index (χ3v) is 3.10. The van der Waals surface area contributed by atoms with E-state index in [0.717, 1.165) is 5.56 Å². The first-order valence-electron chi connectivity index (χ1n) is 5.53. The number of hydrogen-bond acceptors (Lipinski definition) is 4. The molecule has 0 heterocycles. The minimum Gasteiger partial charge on any atom is -0.496 e. The van der Waals surface area contributed by atoms with Crippen molar-refractivity contribution in [3.05, 3.63) is 17.7 Å². The predicted molar refractivity (Wildman–Crippen MR) is 68.8 cm³/mol. The molecule has 2 N–H and O–H groups in total. The summed E-state index contributed by atoms with van der Waals surface area (Å²) in [5.74, 6) is 0.545. The molecule has 0 aliphatic rings. The first-order chi connectivity index (χ1) is 8.76.